The van der Waals surface area contributed by atoms with Crippen molar-refractivity contribution in [2.24, 2.45) is 0 Å². The van der Waals surface area contributed by atoms with Gasteiger partial charge in [0.2, 0.25) is 0 Å². The van der Waals surface area contributed by atoms with Crippen molar-refractivity contribution in [2.75, 3.05) is 0 Å². The van der Waals surface area contributed by atoms with E-state index in [0.29, 0.717) is 11.3 Å². The fourth-order valence-corrected chi connectivity index (χ4v) is 2.48. The van der Waals surface area contributed by atoms with Crippen molar-refractivity contribution >= 4 is 5.97 Å². The van der Waals surface area contributed by atoms with Crippen LogP contribution in [0.5, 0.6) is 0 Å². The van der Waals surface area contributed by atoms with Crippen LogP contribution in [-0.2, 0) is 15.7 Å². The number of halogens is 3. The smallest absolute Gasteiger partial charge is 0.416 e. The van der Waals surface area contributed by atoms with E-state index in [4.69, 9.17) is 9.15 Å². The lowest BCUT2D eigenvalue weighted by Gasteiger charge is -2.17. The second-order valence-electron chi connectivity index (χ2n) is 4.96. The van der Waals surface area contributed by atoms with E-state index in [0.717, 1.165) is 12.1 Å². The molecule has 1 aliphatic rings. The van der Waals surface area contributed by atoms with Crippen LogP contribution < -0.4 is 0 Å². The summed E-state index contributed by atoms with van der Waals surface area (Å²) in [7, 11) is 0. The molecule has 1 aromatic carbocycles. The van der Waals surface area contributed by atoms with Crippen LogP contribution in [0.3, 0.4) is 0 Å². The number of esters is 1. The van der Waals surface area contributed by atoms with Crippen molar-refractivity contribution < 1.29 is 27.1 Å². The maximum Gasteiger partial charge on any atom is 0.416 e. The Hall–Kier alpha value is -2.50. The van der Waals surface area contributed by atoms with E-state index in [2.05, 4.69) is 6.58 Å². The summed E-state index contributed by atoms with van der Waals surface area (Å²) in [6, 6.07) is 7.86. The van der Waals surface area contributed by atoms with E-state index in [1.165, 1.54) is 18.4 Å². The van der Waals surface area contributed by atoms with Crippen molar-refractivity contribution in [1.29, 1.82) is 0 Å². The van der Waals surface area contributed by atoms with Gasteiger partial charge in [0.1, 0.15) is 11.9 Å². The Morgan fingerprint density at radius 2 is 1.77 bits per heavy atom. The molecule has 0 bridgehead atoms. The normalized spacial score (nSPS) is 22.0. The molecule has 1 saturated heterocycles. The third-order valence-corrected chi connectivity index (χ3v) is 3.59. The molecule has 3 nitrogen and oxygen atoms in total. The third-order valence-electron chi connectivity index (χ3n) is 3.59. The first-order valence-corrected chi connectivity index (χ1v) is 6.48. The Bertz CT molecular complexity index is 699. The van der Waals surface area contributed by atoms with Crippen LogP contribution in [0.25, 0.3) is 0 Å². The van der Waals surface area contributed by atoms with Crippen molar-refractivity contribution in [3.05, 3.63) is 71.7 Å². The van der Waals surface area contributed by atoms with E-state index >= 15 is 0 Å². The van der Waals surface area contributed by atoms with Gasteiger partial charge in [-0.25, -0.2) is 4.79 Å². The number of carbonyl (C=O) groups excluding carboxylic acids is 1. The zero-order valence-corrected chi connectivity index (χ0v) is 11.3. The topological polar surface area (TPSA) is 39.4 Å². The molecule has 1 aliphatic heterocycles. The van der Waals surface area contributed by atoms with Gasteiger partial charge in [-0.15, -0.1) is 0 Å². The molecule has 2 heterocycles. The van der Waals surface area contributed by atoms with Gasteiger partial charge in [-0.1, -0.05) is 18.7 Å². The fourth-order valence-electron chi connectivity index (χ4n) is 2.48. The summed E-state index contributed by atoms with van der Waals surface area (Å²) in [4.78, 5) is 11.7. The molecule has 2 aromatic rings. The zero-order valence-electron chi connectivity index (χ0n) is 11.3. The number of benzene rings is 1. The SMILES string of the molecule is C=C1C(=O)O[C@H](c2ccc(C(F)(F)F)cc2)[C@@H]1c1ccco1. The average molecular weight is 308 g/mol. The maximum atomic E-state index is 12.6. The van der Waals surface area contributed by atoms with Gasteiger partial charge < -0.3 is 9.15 Å². The van der Waals surface area contributed by atoms with E-state index < -0.39 is 29.7 Å². The molecule has 6 heteroatoms. The first kappa shape index (κ1) is 14.4. The molecule has 0 saturated carbocycles. The van der Waals surface area contributed by atoms with Crippen LogP contribution in [0, 0.1) is 0 Å². The predicted molar refractivity (Wildman–Crippen MR) is 70.9 cm³/mol. The summed E-state index contributed by atoms with van der Waals surface area (Å²) in [5, 5.41) is 0. The summed E-state index contributed by atoms with van der Waals surface area (Å²) in [6.45, 7) is 3.69. The molecule has 114 valence electrons. The van der Waals surface area contributed by atoms with Crippen molar-refractivity contribution in [1.82, 2.24) is 0 Å². The summed E-state index contributed by atoms with van der Waals surface area (Å²) >= 11 is 0. The standard InChI is InChI=1S/C16H11F3O3/c1-9-13(12-3-2-8-21-12)14(22-15(9)20)10-4-6-11(7-5-10)16(17,18)19/h2-8,13-14H,1H2/t13-,14+/m0/s1. The van der Waals surface area contributed by atoms with E-state index in [1.807, 2.05) is 0 Å². The number of alkyl halides is 3. The molecular formula is C16H11F3O3. The summed E-state index contributed by atoms with van der Waals surface area (Å²) in [5.41, 5.74) is -0.0739. The molecule has 0 amide bonds. The number of cyclic esters (lactones) is 1. The molecule has 1 fully saturated rings. The molecule has 2 atom stereocenters. The number of hydrogen-bond donors (Lipinski definition) is 0. The summed E-state index contributed by atoms with van der Waals surface area (Å²) in [5.74, 6) is -0.633. The molecule has 0 radical (unpaired) electrons. The molecule has 22 heavy (non-hydrogen) atoms. The fraction of sp³-hybridized carbons (Fsp3) is 0.188. The number of furan rings is 1. The number of carbonyl (C=O) groups is 1. The van der Waals surface area contributed by atoms with Gasteiger partial charge in [-0.2, -0.15) is 13.2 Å². The summed E-state index contributed by atoms with van der Waals surface area (Å²) < 4.78 is 48.4. The molecular weight excluding hydrogens is 297 g/mol. The second-order valence-corrected chi connectivity index (χ2v) is 4.96. The van der Waals surface area contributed by atoms with Gasteiger partial charge >= 0.3 is 12.1 Å². The molecule has 0 aliphatic carbocycles. The van der Waals surface area contributed by atoms with Crippen molar-refractivity contribution in [3.63, 3.8) is 0 Å². The maximum absolute atomic E-state index is 12.6. The van der Waals surface area contributed by atoms with Crippen LogP contribution in [0.1, 0.15) is 28.9 Å². The Labute approximate surface area is 124 Å². The van der Waals surface area contributed by atoms with Crippen LogP contribution >= 0.6 is 0 Å². The predicted octanol–water partition coefficient (Wildman–Crippen LogP) is 4.24. The average Bonchev–Trinajstić information content (AvgIpc) is 3.07. The highest BCUT2D eigenvalue weighted by molar-refractivity contribution is 5.92. The largest absolute Gasteiger partial charge is 0.469 e. The van der Waals surface area contributed by atoms with Crippen LogP contribution in [0.15, 0.2) is 59.2 Å². The van der Waals surface area contributed by atoms with E-state index in [-0.39, 0.29) is 5.57 Å². The molecule has 0 unspecified atom stereocenters. The molecule has 1 aromatic heterocycles. The first-order chi connectivity index (χ1) is 10.4. The van der Waals surface area contributed by atoms with Gasteiger partial charge in [0.05, 0.1) is 17.7 Å². The minimum Gasteiger partial charge on any atom is -0.469 e. The van der Waals surface area contributed by atoms with Gasteiger partial charge in [0.15, 0.2) is 0 Å². The Morgan fingerprint density at radius 3 is 2.32 bits per heavy atom. The highest BCUT2D eigenvalue weighted by Crippen LogP contribution is 2.45. The van der Waals surface area contributed by atoms with Crippen LogP contribution in [0.4, 0.5) is 13.2 Å². The molecule has 3 rings (SSSR count). The Morgan fingerprint density at radius 1 is 1.09 bits per heavy atom. The monoisotopic (exact) mass is 308 g/mol. The number of rotatable bonds is 2. The molecule has 0 spiro atoms. The third kappa shape index (κ3) is 2.41. The summed E-state index contributed by atoms with van der Waals surface area (Å²) in [6.07, 6.45) is -3.70. The van der Waals surface area contributed by atoms with Crippen molar-refractivity contribution in [3.8, 4) is 0 Å². The lowest BCUT2D eigenvalue weighted by atomic mass is 9.90. The minimum atomic E-state index is -4.41. The van der Waals surface area contributed by atoms with Crippen molar-refractivity contribution in [2.45, 2.75) is 18.2 Å². The highest BCUT2D eigenvalue weighted by atomic mass is 19.4. The van der Waals surface area contributed by atoms with Gasteiger partial charge in [0.25, 0.3) is 0 Å². The number of hydrogen-bond acceptors (Lipinski definition) is 3. The highest BCUT2D eigenvalue weighted by Gasteiger charge is 2.42. The first-order valence-electron chi connectivity index (χ1n) is 6.48. The van der Waals surface area contributed by atoms with E-state index in [9.17, 15) is 18.0 Å². The van der Waals surface area contributed by atoms with Gasteiger partial charge in [-0.3, -0.25) is 0 Å². The Kier molecular flexibility index (Phi) is 3.31. The quantitative estimate of drug-likeness (QED) is 0.615. The number of ether oxygens (including phenoxy) is 1. The minimum absolute atomic E-state index is 0.222. The Balaban J connectivity index is 1.96. The van der Waals surface area contributed by atoms with Gasteiger partial charge in [0, 0.05) is 5.57 Å². The molecule has 0 N–H and O–H groups in total. The lowest BCUT2D eigenvalue weighted by Crippen LogP contribution is -2.08. The van der Waals surface area contributed by atoms with Gasteiger partial charge in [-0.05, 0) is 29.8 Å². The van der Waals surface area contributed by atoms with Crippen LogP contribution in [0.2, 0.25) is 0 Å². The lowest BCUT2D eigenvalue weighted by molar-refractivity contribution is -0.140. The van der Waals surface area contributed by atoms with E-state index in [1.54, 1.807) is 12.1 Å². The van der Waals surface area contributed by atoms with Crippen LogP contribution in [-0.4, -0.2) is 5.97 Å². The second kappa shape index (κ2) is 5.05. The zero-order chi connectivity index (χ0) is 15.9.